The maximum atomic E-state index is 12.6. The first-order valence-corrected chi connectivity index (χ1v) is 9.21. The molecule has 1 fully saturated rings. The van der Waals surface area contributed by atoms with Crippen LogP contribution in [-0.4, -0.2) is 49.7 Å². The second-order valence-corrected chi connectivity index (χ2v) is 7.53. The van der Waals surface area contributed by atoms with Gasteiger partial charge in [0.15, 0.2) is 0 Å². The summed E-state index contributed by atoms with van der Waals surface area (Å²) >= 11 is 1.21. The molecule has 0 aliphatic carbocycles. The van der Waals surface area contributed by atoms with Crippen LogP contribution < -0.4 is 0 Å². The van der Waals surface area contributed by atoms with Crippen molar-refractivity contribution in [3.8, 4) is 0 Å². The van der Waals surface area contributed by atoms with Crippen LogP contribution in [0.2, 0.25) is 0 Å². The fourth-order valence-corrected chi connectivity index (χ4v) is 5.26. The number of sulfonamides is 1. The van der Waals surface area contributed by atoms with E-state index in [1.54, 1.807) is 16.3 Å². The van der Waals surface area contributed by atoms with Crippen molar-refractivity contribution in [1.29, 1.82) is 0 Å². The molecule has 1 aromatic rings. The summed E-state index contributed by atoms with van der Waals surface area (Å²) < 4.78 is 26.6. The van der Waals surface area contributed by atoms with Gasteiger partial charge in [0.05, 0.1) is 0 Å². The van der Waals surface area contributed by atoms with Gasteiger partial charge < -0.3 is 4.90 Å². The Kier molecular flexibility index (Phi) is 4.82. The Balaban J connectivity index is 2.35. The first-order chi connectivity index (χ1) is 9.52. The predicted octanol–water partition coefficient (Wildman–Crippen LogP) is 2.01. The monoisotopic (exact) mass is 316 g/mol. The summed E-state index contributed by atoms with van der Waals surface area (Å²) in [6.07, 6.45) is 1.78. The molecule has 1 amide bonds. The summed E-state index contributed by atoms with van der Waals surface area (Å²) in [5.41, 5.74) is 0. The lowest BCUT2D eigenvalue weighted by Crippen LogP contribution is -2.33. The highest BCUT2D eigenvalue weighted by molar-refractivity contribution is 7.89. The van der Waals surface area contributed by atoms with Crippen molar-refractivity contribution in [3.63, 3.8) is 0 Å². The molecule has 0 N–H and O–H groups in total. The number of hydrogen-bond donors (Lipinski definition) is 0. The van der Waals surface area contributed by atoms with E-state index in [1.165, 1.54) is 15.6 Å². The van der Waals surface area contributed by atoms with Crippen LogP contribution in [-0.2, 0) is 10.0 Å². The first kappa shape index (κ1) is 15.5. The molecule has 7 heteroatoms. The number of hydrogen-bond acceptors (Lipinski definition) is 4. The number of carbonyl (C=O) groups is 1. The minimum absolute atomic E-state index is 0.168. The molecule has 2 rings (SSSR count). The third-order valence-electron chi connectivity index (χ3n) is 3.56. The Morgan fingerprint density at radius 1 is 1.30 bits per heavy atom. The molecule has 20 heavy (non-hydrogen) atoms. The van der Waals surface area contributed by atoms with Gasteiger partial charge in [0.25, 0.3) is 5.91 Å². The van der Waals surface area contributed by atoms with Crippen LogP contribution in [0, 0.1) is 0 Å². The number of rotatable bonds is 5. The minimum atomic E-state index is -3.52. The SMILES string of the molecule is CCN(CC)C(=O)c1sccc1S(=O)(=O)N1CCCC1. The number of amides is 1. The smallest absolute Gasteiger partial charge is 0.265 e. The van der Waals surface area contributed by atoms with E-state index in [-0.39, 0.29) is 10.8 Å². The topological polar surface area (TPSA) is 57.7 Å². The molecule has 112 valence electrons. The summed E-state index contributed by atoms with van der Waals surface area (Å²) in [5, 5.41) is 1.68. The Morgan fingerprint density at radius 2 is 1.90 bits per heavy atom. The second kappa shape index (κ2) is 6.24. The van der Waals surface area contributed by atoms with Crippen molar-refractivity contribution >= 4 is 27.3 Å². The molecule has 0 aromatic carbocycles. The van der Waals surface area contributed by atoms with Gasteiger partial charge >= 0.3 is 0 Å². The van der Waals surface area contributed by atoms with Gasteiger partial charge in [-0.1, -0.05) is 0 Å². The van der Waals surface area contributed by atoms with Gasteiger partial charge in [-0.15, -0.1) is 11.3 Å². The van der Waals surface area contributed by atoms with Crippen LogP contribution in [0.4, 0.5) is 0 Å². The molecule has 1 saturated heterocycles. The van der Waals surface area contributed by atoms with Crippen LogP contribution in [0.1, 0.15) is 36.4 Å². The van der Waals surface area contributed by atoms with Gasteiger partial charge in [0.1, 0.15) is 9.77 Å². The molecule has 2 heterocycles. The number of carbonyl (C=O) groups excluding carboxylic acids is 1. The van der Waals surface area contributed by atoms with Gasteiger partial charge in [-0.3, -0.25) is 4.79 Å². The number of thiophene rings is 1. The quantitative estimate of drug-likeness (QED) is 0.835. The molecular formula is C13H20N2O3S2. The highest BCUT2D eigenvalue weighted by Gasteiger charge is 2.32. The lowest BCUT2D eigenvalue weighted by Gasteiger charge is -2.20. The van der Waals surface area contributed by atoms with Gasteiger partial charge in [0, 0.05) is 26.2 Å². The summed E-state index contributed by atoms with van der Waals surface area (Å²) in [6, 6.07) is 1.55. The second-order valence-electron chi connectivity index (χ2n) is 4.70. The Bertz CT molecular complexity index is 570. The van der Waals surface area contributed by atoms with Gasteiger partial charge in [-0.25, -0.2) is 8.42 Å². The molecule has 0 unspecified atom stereocenters. The van der Waals surface area contributed by atoms with E-state index in [1.807, 2.05) is 13.8 Å². The fourth-order valence-electron chi connectivity index (χ4n) is 2.38. The maximum absolute atomic E-state index is 12.6. The molecule has 1 aliphatic heterocycles. The Morgan fingerprint density at radius 3 is 2.45 bits per heavy atom. The summed E-state index contributed by atoms with van der Waals surface area (Å²) in [5.74, 6) is -0.192. The molecule has 0 spiro atoms. The Labute approximate surface area is 124 Å². The lowest BCUT2D eigenvalue weighted by atomic mass is 10.4. The van der Waals surface area contributed by atoms with Gasteiger partial charge in [0.2, 0.25) is 10.0 Å². The molecule has 0 bridgehead atoms. The predicted molar refractivity (Wildman–Crippen MR) is 79.6 cm³/mol. The van der Waals surface area contributed by atoms with E-state index in [9.17, 15) is 13.2 Å². The molecule has 1 aliphatic rings. The summed E-state index contributed by atoms with van der Waals surface area (Å²) in [6.45, 7) is 6.05. The zero-order chi connectivity index (χ0) is 14.8. The zero-order valence-electron chi connectivity index (χ0n) is 11.8. The van der Waals surface area contributed by atoms with E-state index in [2.05, 4.69) is 0 Å². The fraction of sp³-hybridized carbons (Fsp3) is 0.615. The van der Waals surface area contributed by atoms with Gasteiger partial charge in [-0.05, 0) is 38.1 Å². The third kappa shape index (κ3) is 2.75. The molecule has 1 aromatic heterocycles. The average Bonchev–Trinajstić information content (AvgIpc) is 3.11. The molecular weight excluding hydrogens is 296 g/mol. The normalized spacial score (nSPS) is 16.5. The van der Waals surface area contributed by atoms with Crippen molar-refractivity contribution in [2.75, 3.05) is 26.2 Å². The van der Waals surface area contributed by atoms with Crippen molar-refractivity contribution in [3.05, 3.63) is 16.3 Å². The largest absolute Gasteiger partial charge is 0.338 e. The summed E-state index contributed by atoms with van der Waals surface area (Å²) in [4.78, 5) is 14.6. The molecule has 0 saturated carbocycles. The van der Waals surface area contributed by atoms with E-state index in [0.717, 1.165) is 12.8 Å². The summed E-state index contributed by atoms with van der Waals surface area (Å²) in [7, 11) is -3.52. The standard InChI is InChI=1S/C13H20N2O3S2/c1-3-14(4-2)13(16)12-11(7-10-19-12)20(17,18)15-8-5-6-9-15/h7,10H,3-6,8-9H2,1-2H3. The average molecular weight is 316 g/mol. The Hall–Kier alpha value is -0.920. The first-order valence-electron chi connectivity index (χ1n) is 6.89. The lowest BCUT2D eigenvalue weighted by molar-refractivity contribution is 0.0774. The van der Waals surface area contributed by atoms with Crippen LogP contribution >= 0.6 is 11.3 Å². The van der Waals surface area contributed by atoms with Crippen molar-refractivity contribution in [2.24, 2.45) is 0 Å². The van der Waals surface area contributed by atoms with Crippen molar-refractivity contribution in [2.45, 2.75) is 31.6 Å². The van der Waals surface area contributed by atoms with E-state index < -0.39 is 10.0 Å². The van der Waals surface area contributed by atoms with Crippen molar-refractivity contribution in [1.82, 2.24) is 9.21 Å². The maximum Gasteiger partial charge on any atom is 0.265 e. The van der Waals surface area contributed by atoms with Crippen LogP contribution in [0.25, 0.3) is 0 Å². The van der Waals surface area contributed by atoms with Gasteiger partial charge in [-0.2, -0.15) is 4.31 Å². The molecule has 0 radical (unpaired) electrons. The molecule has 5 nitrogen and oxygen atoms in total. The van der Waals surface area contributed by atoms with Crippen molar-refractivity contribution < 1.29 is 13.2 Å². The van der Waals surface area contributed by atoms with Crippen LogP contribution in [0.5, 0.6) is 0 Å². The highest BCUT2D eigenvalue weighted by atomic mass is 32.2. The highest BCUT2D eigenvalue weighted by Crippen LogP contribution is 2.28. The number of nitrogens with zero attached hydrogens (tertiary/aromatic N) is 2. The van der Waals surface area contributed by atoms with E-state index in [0.29, 0.717) is 31.1 Å². The minimum Gasteiger partial charge on any atom is -0.338 e. The van der Waals surface area contributed by atoms with Crippen LogP contribution in [0.3, 0.4) is 0 Å². The van der Waals surface area contributed by atoms with E-state index >= 15 is 0 Å². The van der Waals surface area contributed by atoms with Crippen LogP contribution in [0.15, 0.2) is 16.3 Å². The zero-order valence-corrected chi connectivity index (χ0v) is 13.5. The molecule has 0 atom stereocenters. The van der Waals surface area contributed by atoms with E-state index in [4.69, 9.17) is 0 Å². The third-order valence-corrected chi connectivity index (χ3v) is 6.53.